The fourth-order valence-electron chi connectivity index (χ4n) is 6.37. The summed E-state index contributed by atoms with van der Waals surface area (Å²) in [5.74, 6) is 0. The van der Waals surface area contributed by atoms with Gasteiger partial charge in [-0.05, 0) is 56.9 Å². The molecule has 0 amide bonds. The van der Waals surface area contributed by atoms with Crippen molar-refractivity contribution in [3.05, 3.63) is 180 Å². The van der Waals surface area contributed by atoms with Crippen molar-refractivity contribution in [3.8, 4) is 22.5 Å². The van der Waals surface area contributed by atoms with Crippen LogP contribution in [0.3, 0.4) is 0 Å². The maximum Gasteiger partial charge on any atom is 0.119 e. The fraction of sp³-hybridized carbons (Fsp3) is 0.0500. The van der Waals surface area contributed by atoms with Crippen LogP contribution in [0.5, 0.6) is 0 Å². The molecule has 0 spiro atoms. The number of aromatic nitrogens is 2. The number of benzene rings is 4. The molecule has 2 nitrogen and oxygen atoms in total. The summed E-state index contributed by atoms with van der Waals surface area (Å²) in [6, 6.07) is 55.5. The van der Waals surface area contributed by atoms with Crippen molar-refractivity contribution in [1.29, 1.82) is 0 Å². The third-order valence-corrected chi connectivity index (χ3v) is 11.8. The number of rotatable bonds is 6. The van der Waals surface area contributed by atoms with Gasteiger partial charge in [-0.1, -0.05) is 147 Å². The van der Waals surface area contributed by atoms with Crippen molar-refractivity contribution in [2.75, 3.05) is 0 Å². The van der Waals surface area contributed by atoms with Gasteiger partial charge in [0.15, 0.2) is 0 Å². The van der Waals surface area contributed by atoms with Gasteiger partial charge >= 0.3 is 0 Å². The molecule has 0 bridgehead atoms. The summed E-state index contributed by atoms with van der Waals surface area (Å²) in [6.07, 6.45) is 0. The Kier molecular flexibility index (Phi) is 7.02. The summed E-state index contributed by atoms with van der Waals surface area (Å²) in [5, 5.41) is 2.69. The van der Waals surface area contributed by atoms with Crippen LogP contribution in [0.15, 0.2) is 158 Å². The van der Waals surface area contributed by atoms with Gasteiger partial charge in [-0.2, -0.15) is 0 Å². The molecule has 3 heterocycles. The minimum absolute atomic E-state index is 0.988. The SMILES string of the molecule is C[Si]1(C)C(c2cccc(-c3ccccc3)n2)=C(c2ccccc2)C(c2ccccc2)=C1c1cccc(-c2ccccc2)n1. The highest BCUT2D eigenvalue weighted by atomic mass is 28.3. The van der Waals surface area contributed by atoms with Crippen LogP contribution in [-0.2, 0) is 0 Å². The molecule has 43 heavy (non-hydrogen) atoms. The molecule has 0 saturated carbocycles. The van der Waals surface area contributed by atoms with E-state index in [0.29, 0.717) is 0 Å². The van der Waals surface area contributed by atoms with E-state index >= 15 is 0 Å². The van der Waals surface area contributed by atoms with Crippen molar-refractivity contribution in [2.24, 2.45) is 0 Å². The first-order valence-corrected chi connectivity index (χ1v) is 17.8. The Balaban J connectivity index is 1.52. The van der Waals surface area contributed by atoms with E-state index in [1.165, 1.54) is 32.7 Å². The molecular formula is C40H32N2Si. The quantitative estimate of drug-likeness (QED) is 0.187. The second-order valence-corrected chi connectivity index (χ2v) is 15.7. The predicted molar refractivity (Wildman–Crippen MR) is 183 cm³/mol. The second-order valence-electron chi connectivity index (χ2n) is 11.4. The highest BCUT2D eigenvalue weighted by Gasteiger charge is 2.45. The van der Waals surface area contributed by atoms with Gasteiger partial charge < -0.3 is 0 Å². The molecule has 0 saturated heterocycles. The summed E-state index contributed by atoms with van der Waals surface area (Å²) in [6.45, 7) is 4.93. The molecule has 7 rings (SSSR count). The van der Waals surface area contributed by atoms with Crippen LogP contribution in [0.2, 0.25) is 13.1 Å². The van der Waals surface area contributed by atoms with Crippen LogP contribution in [-0.4, -0.2) is 18.0 Å². The molecule has 0 atom stereocenters. The normalized spacial score (nSPS) is 14.3. The average molecular weight is 569 g/mol. The Morgan fingerprint density at radius 1 is 0.326 bits per heavy atom. The van der Waals surface area contributed by atoms with Gasteiger partial charge in [-0.25, -0.2) is 9.97 Å². The third-order valence-electron chi connectivity index (χ3n) is 8.27. The highest BCUT2D eigenvalue weighted by molar-refractivity contribution is 7.13. The van der Waals surface area contributed by atoms with Crippen molar-refractivity contribution < 1.29 is 0 Å². The Hall–Kier alpha value is -5.12. The maximum atomic E-state index is 5.35. The lowest BCUT2D eigenvalue weighted by atomic mass is 9.90. The largest absolute Gasteiger partial charge is 0.249 e. The summed E-state index contributed by atoms with van der Waals surface area (Å²) in [5.41, 5.74) is 11.2. The number of hydrogen-bond acceptors (Lipinski definition) is 2. The van der Waals surface area contributed by atoms with E-state index in [1.807, 2.05) is 0 Å². The van der Waals surface area contributed by atoms with Crippen LogP contribution in [0.1, 0.15) is 22.5 Å². The molecule has 0 radical (unpaired) electrons. The van der Waals surface area contributed by atoms with Crippen LogP contribution in [0, 0.1) is 0 Å². The summed E-state index contributed by atoms with van der Waals surface area (Å²) in [7, 11) is -2.39. The first-order chi connectivity index (χ1) is 21.1. The topological polar surface area (TPSA) is 25.8 Å². The van der Waals surface area contributed by atoms with Crippen LogP contribution >= 0.6 is 0 Å². The zero-order valence-corrected chi connectivity index (χ0v) is 25.4. The van der Waals surface area contributed by atoms with Crippen LogP contribution < -0.4 is 0 Å². The minimum atomic E-state index is -2.39. The zero-order valence-electron chi connectivity index (χ0n) is 24.4. The van der Waals surface area contributed by atoms with Crippen molar-refractivity contribution in [1.82, 2.24) is 9.97 Å². The molecule has 0 aliphatic carbocycles. The number of nitrogens with zero attached hydrogens (tertiary/aromatic N) is 2. The van der Waals surface area contributed by atoms with Crippen molar-refractivity contribution in [2.45, 2.75) is 13.1 Å². The molecule has 0 fully saturated rings. The molecule has 3 heteroatoms. The molecule has 1 aliphatic rings. The van der Waals surface area contributed by atoms with E-state index in [0.717, 1.165) is 33.9 Å². The Bertz CT molecular complexity index is 1820. The molecule has 4 aromatic carbocycles. The van der Waals surface area contributed by atoms with Gasteiger partial charge in [0, 0.05) is 11.1 Å². The predicted octanol–water partition coefficient (Wildman–Crippen LogP) is 10.1. The van der Waals surface area contributed by atoms with E-state index in [9.17, 15) is 0 Å². The smallest absolute Gasteiger partial charge is 0.119 e. The molecule has 0 N–H and O–H groups in total. The van der Waals surface area contributed by atoms with Gasteiger partial charge in [-0.15, -0.1) is 0 Å². The Labute approximate surface area is 254 Å². The number of pyridine rings is 2. The van der Waals surface area contributed by atoms with E-state index in [2.05, 4.69) is 171 Å². The van der Waals surface area contributed by atoms with Gasteiger partial charge in [0.25, 0.3) is 0 Å². The minimum Gasteiger partial charge on any atom is -0.249 e. The van der Waals surface area contributed by atoms with Gasteiger partial charge in [0.1, 0.15) is 8.07 Å². The average Bonchev–Trinajstić information content (AvgIpc) is 3.33. The first kappa shape index (κ1) is 26.8. The summed E-state index contributed by atoms with van der Waals surface area (Å²) in [4.78, 5) is 10.7. The maximum absolute atomic E-state index is 5.35. The van der Waals surface area contributed by atoms with E-state index < -0.39 is 8.07 Å². The zero-order chi connectivity index (χ0) is 29.2. The van der Waals surface area contributed by atoms with Crippen molar-refractivity contribution >= 4 is 29.6 Å². The third kappa shape index (κ3) is 4.98. The lowest BCUT2D eigenvalue weighted by Crippen LogP contribution is -2.29. The first-order valence-electron chi connectivity index (χ1n) is 14.8. The molecular weight excluding hydrogens is 537 g/mol. The fourth-order valence-corrected chi connectivity index (χ4v) is 9.97. The van der Waals surface area contributed by atoms with E-state index in [4.69, 9.17) is 9.97 Å². The lowest BCUT2D eigenvalue weighted by Gasteiger charge is -2.26. The molecule has 206 valence electrons. The molecule has 0 unspecified atom stereocenters. The lowest BCUT2D eigenvalue weighted by molar-refractivity contribution is 1.28. The van der Waals surface area contributed by atoms with Gasteiger partial charge in [-0.3, -0.25) is 0 Å². The Morgan fingerprint density at radius 2 is 0.628 bits per heavy atom. The standard InChI is InChI=1S/C40H32N2Si/c1-43(2)39(35-27-15-25-33(41-35)29-17-7-3-8-18-29)37(31-21-11-5-12-22-31)38(32-23-13-6-14-24-32)40(43)36-28-16-26-34(42-36)30-19-9-4-10-20-30/h3-28H,1-2H3. The van der Waals surface area contributed by atoms with Crippen LogP contribution in [0.4, 0.5) is 0 Å². The van der Waals surface area contributed by atoms with Crippen LogP contribution in [0.25, 0.3) is 44.1 Å². The van der Waals surface area contributed by atoms with Gasteiger partial charge in [0.05, 0.1) is 22.8 Å². The van der Waals surface area contributed by atoms with E-state index in [-0.39, 0.29) is 0 Å². The monoisotopic (exact) mass is 568 g/mol. The van der Waals surface area contributed by atoms with Gasteiger partial charge in [0.2, 0.25) is 0 Å². The summed E-state index contributed by atoms with van der Waals surface area (Å²) >= 11 is 0. The molecule has 2 aromatic heterocycles. The van der Waals surface area contributed by atoms with E-state index in [1.54, 1.807) is 0 Å². The highest BCUT2D eigenvalue weighted by Crippen LogP contribution is 2.55. The number of allylic oxidation sites excluding steroid dienone is 2. The van der Waals surface area contributed by atoms with Crippen molar-refractivity contribution in [3.63, 3.8) is 0 Å². The second kappa shape index (κ2) is 11.3. The Morgan fingerprint density at radius 3 is 0.977 bits per heavy atom. The number of hydrogen-bond donors (Lipinski definition) is 0. The molecule has 1 aliphatic heterocycles. The summed E-state index contributed by atoms with van der Waals surface area (Å²) < 4.78 is 0. The molecule has 6 aromatic rings.